The third-order valence-electron chi connectivity index (χ3n) is 3.37. The Morgan fingerprint density at radius 1 is 1.22 bits per heavy atom. The van der Waals surface area contributed by atoms with Gasteiger partial charge >= 0.3 is 5.97 Å². The normalized spacial score (nSPS) is 11.8. The average Bonchev–Trinajstić information content (AvgIpc) is 2.98. The molecule has 0 fully saturated rings. The zero-order valence-electron chi connectivity index (χ0n) is 12.5. The molecule has 0 saturated heterocycles. The second-order valence-corrected chi connectivity index (χ2v) is 6.91. The fraction of sp³-hybridized carbons (Fsp3) is 0.111. The second-order valence-electron chi connectivity index (χ2n) is 5.00. The number of carbonyl (C=O) groups is 1. The summed E-state index contributed by atoms with van der Waals surface area (Å²) in [4.78, 5) is 17.0. The summed E-state index contributed by atoms with van der Waals surface area (Å²) in [6.45, 7) is 0. The maximum atomic E-state index is 11.2. The number of thioether (sulfide) groups is 1. The molecule has 0 aliphatic rings. The molecule has 0 bridgehead atoms. The molecule has 3 nitrogen and oxygen atoms in total. The first-order valence-corrected chi connectivity index (χ1v) is 9.12. The van der Waals surface area contributed by atoms with Crippen molar-refractivity contribution in [3.8, 4) is 0 Å². The van der Waals surface area contributed by atoms with E-state index in [1.807, 2.05) is 60.9 Å². The molecule has 0 saturated carbocycles. The SMILES string of the molecule is CSc1ccc(/C=C(/CC(=O)O)c2nc3ccccc3s2)cc1. The summed E-state index contributed by atoms with van der Waals surface area (Å²) in [5.41, 5.74) is 2.62. The van der Waals surface area contributed by atoms with Gasteiger partial charge in [-0.15, -0.1) is 23.1 Å². The van der Waals surface area contributed by atoms with E-state index < -0.39 is 5.97 Å². The van der Waals surface area contributed by atoms with Crippen LogP contribution in [0.15, 0.2) is 53.4 Å². The van der Waals surface area contributed by atoms with Gasteiger partial charge in [0.1, 0.15) is 5.01 Å². The van der Waals surface area contributed by atoms with Crippen molar-refractivity contribution in [3.63, 3.8) is 0 Å². The van der Waals surface area contributed by atoms with E-state index >= 15 is 0 Å². The summed E-state index contributed by atoms with van der Waals surface area (Å²) in [6.07, 6.45) is 3.90. The van der Waals surface area contributed by atoms with Crippen LogP contribution in [0, 0.1) is 0 Å². The Bertz CT molecular complexity index is 833. The van der Waals surface area contributed by atoms with Crippen LogP contribution in [-0.2, 0) is 4.79 Å². The van der Waals surface area contributed by atoms with Crippen molar-refractivity contribution >= 4 is 50.9 Å². The minimum atomic E-state index is -0.851. The molecule has 0 aliphatic heterocycles. The third kappa shape index (κ3) is 3.81. The quantitative estimate of drug-likeness (QED) is 0.661. The number of aliphatic carboxylic acids is 1. The highest BCUT2D eigenvalue weighted by Gasteiger charge is 2.12. The van der Waals surface area contributed by atoms with E-state index in [4.69, 9.17) is 0 Å². The zero-order valence-corrected chi connectivity index (χ0v) is 14.2. The van der Waals surface area contributed by atoms with Gasteiger partial charge in [-0.3, -0.25) is 4.79 Å². The first-order chi connectivity index (χ1) is 11.2. The number of thiazole rings is 1. The number of carboxylic acid groups (broad SMARTS) is 1. The minimum Gasteiger partial charge on any atom is -0.481 e. The van der Waals surface area contributed by atoms with Crippen molar-refractivity contribution in [1.82, 2.24) is 4.98 Å². The third-order valence-corrected chi connectivity index (χ3v) is 5.22. The van der Waals surface area contributed by atoms with E-state index in [1.165, 1.54) is 16.2 Å². The van der Waals surface area contributed by atoms with Gasteiger partial charge in [0, 0.05) is 4.90 Å². The highest BCUT2D eigenvalue weighted by Crippen LogP contribution is 2.30. The van der Waals surface area contributed by atoms with Crippen LogP contribution in [0.25, 0.3) is 21.9 Å². The number of fused-ring (bicyclic) bond motifs is 1. The molecule has 1 heterocycles. The maximum Gasteiger partial charge on any atom is 0.307 e. The second kappa shape index (κ2) is 6.98. The van der Waals surface area contributed by atoms with Crippen LogP contribution >= 0.6 is 23.1 Å². The van der Waals surface area contributed by atoms with E-state index in [2.05, 4.69) is 4.98 Å². The lowest BCUT2D eigenvalue weighted by molar-refractivity contribution is -0.135. The molecule has 3 rings (SSSR count). The van der Waals surface area contributed by atoms with Crippen LogP contribution in [0.1, 0.15) is 17.0 Å². The molecule has 5 heteroatoms. The molecule has 0 amide bonds. The average molecular weight is 341 g/mol. The van der Waals surface area contributed by atoms with Crippen molar-refractivity contribution < 1.29 is 9.90 Å². The van der Waals surface area contributed by atoms with Crippen molar-refractivity contribution in [2.45, 2.75) is 11.3 Å². The predicted octanol–water partition coefficient (Wildman–Crippen LogP) is 5.03. The lowest BCUT2D eigenvalue weighted by Gasteiger charge is -2.02. The highest BCUT2D eigenvalue weighted by molar-refractivity contribution is 7.98. The van der Waals surface area contributed by atoms with Crippen molar-refractivity contribution in [2.75, 3.05) is 6.26 Å². The molecule has 116 valence electrons. The van der Waals surface area contributed by atoms with Gasteiger partial charge in [-0.25, -0.2) is 4.98 Å². The van der Waals surface area contributed by atoms with Crippen LogP contribution in [-0.4, -0.2) is 22.3 Å². The van der Waals surface area contributed by atoms with E-state index in [0.717, 1.165) is 26.4 Å². The van der Waals surface area contributed by atoms with Crippen LogP contribution in [0.3, 0.4) is 0 Å². The van der Waals surface area contributed by atoms with Crippen LogP contribution in [0.4, 0.5) is 0 Å². The topological polar surface area (TPSA) is 50.2 Å². The number of aromatic nitrogens is 1. The van der Waals surface area contributed by atoms with Gasteiger partial charge in [0.15, 0.2) is 0 Å². The number of hydrogen-bond acceptors (Lipinski definition) is 4. The number of hydrogen-bond donors (Lipinski definition) is 1. The molecule has 3 aromatic rings. The van der Waals surface area contributed by atoms with Crippen LogP contribution in [0.5, 0.6) is 0 Å². The molecule has 1 N–H and O–H groups in total. The van der Waals surface area contributed by atoms with E-state index in [9.17, 15) is 9.90 Å². The molecule has 0 radical (unpaired) electrons. The zero-order chi connectivity index (χ0) is 16.2. The van der Waals surface area contributed by atoms with E-state index in [-0.39, 0.29) is 6.42 Å². The molecule has 0 aliphatic carbocycles. The number of carboxylic acids is 1. The Morgan fingerprint density at radius 2 is 1.96 bits per heavy atom. The first kappa shape index (κ1) is 15.8. The molecule has 23 heavy (non-hydrogen) atoms. The lowest BCUT2D eigenvalue weighted by Crippen LogP contribution is -1.96. The Balaban J connectivity index is 2.01. The van der Waals surface area contributed by atoms with E-state index in [0.29, 0.717) is 0 Å². The largest absolute Gasteiger partial charge is 0.481 e. The van der Waals surface area contributed by atoms with Gasteiger partial charge in [-0.1, -0.05) is 24.3 Å². The number of benzene rings is 2. The van der Waals surface area contributed by atoms with E-state index in [1.54, 1.807) is 11.8 Å². The van der Waals surface area contributed by atoms with Gasteiger partial charge in [0.25, 0.3) is 0 Å². The van der Waals surface area contributed by atoms with Crippen molar-refractivity contribution in [3.05, 3.63) is 59.1 Å². The monoisotopic (exact) mass is 341 g/mol. The molecule has 2 aromatic carbocycles. The minimum absolute atomic E-state index is 0.0376. The molecule has 0 spiro atoms. The Kier molecular flexibility index (Phi) is 4.79. The van der Waals surface area contributed by atoms with Gasteiger partial charge in [0.2, 0.25) is 0 Å². The van der Waals surface area contributed by atoms with Crippen LogP contribution in [0.2, 0.25) is 0 Å². The first-order valence-electron chi connectivity index (χ1n) is 7.08. The smallest absolute Gasteiger partial charge is 0.307 e. The maximum absolute atomic E-state index is 11.2. The summed E-state index contributed by atoms with van der Waals surface area (Å²) < 4.78 is 1.07. The summed E-state index contributed by atoms with van der Waals surface area (Å²) >= 11 is 3.21. The van der Waals surface area contributed by atoms with Gasteiger partial charge in [-0.2, -0.15) is 0 Å². The molecule has 0 unspecified atom stereocenters. The fourth-order valence-electron chi connectivity index (χ4n) is 2.26. The summed E-state index contributed by atoms with van der Waals surface area (Å²) in [7, 11) is 0. The number of para-hydroxylation sites is 1. The van der Waals surface area contributed by atoms with Crippen molar-refractivity contribution in [2.24, 2.45) is 0 Å². The van der Waals surface area contributed by atoms with Gasteiger partial charge < -0.3 is 5.11 Å². The van der Waals surface area contributed by atoms with Crippen LogP contribution < -0.4 is 0 Å². The van der Waals surface area contributed by atoms with Gasteiger partial charge in [-0.05, 0) is 47.7 Å². The summed E-state index contributed by atoms with van der Waals surface area (Å²) in [5.74, 6) is -0.851. The summed E-state index contributed by atoms with van der Waals surface area (Å²) in [6, 6.07) is 15.9. The fourth-order valence-corrected chi connectivity index (χ4v) is 3.65. The Labute approximate surface area is 142 Å². The summed E-state index contributed by atoms with van der Waals surface area (Å²) in [5, 5.41) is 9.98. The lowest BCUT2D eigenvalue weighted by atomic mass is 10.1. The Morgan fingerprint density at radius 3 is 2.61 bits per heavy atom. The van der Waals surface area contributed by atoms with Crippen molar-refractivity contribution in [1.29, 1.82) is 0 Å². The molecule has 0 atom stereocenters. The Hall–Kier alpha value is -2.11. The standard InChI is InChI=1S/C18H15NO2S2/c1-22-14-8-6-12(7-9-14)10-13(11-17(20)21)18-19-15-4-2-3-5-16(15)23-18/h2-10H,11H2,1H3,(H,20,21)/b13-10-. The number of rotatable bonds is 5. The predicted molar refractivity (Wildman–Crippen MR) is 98.0 cm³/mol. The molecular weight excluding hydrogens is 326 g/mol. The number of nitrogens with zero attached hydrogens (tertiary/aromatic N) is 1. The molecule has 1 aromatic heterocycles. The molecular formula is C18H15NO2S2. The van der Waals surface area contributed by atoms with Gasteiger partial charge in [0.05, 0.1) is 16.6 Å². The highest BCUT2D eigenvalue weighted by atomic mass is 32.2.